The number of nitrogens with one attached hydrogen (secondary N) is 1. The summed E-state index contributed by atoms with van der Waals surface area (Å²) in [6.07, 6.45) is 1.23. The van der Waals surface area contributed by atoms with Crippen LogP contribution in [-0.4, -0.2) is 19.2 Å². The van der Waals surface area contributed by atoms with E-state index in [9.17, 15) is 0 Å². The van der Waals surface area contributed by atoms with Gasteiger partial charge in [-0.2, -0.15) is 0 Å². The minimum absolute atomic E-state index is 0. The summed E-state index contributed by atoms with van der Waals surface area (Å²) in [5.74, 6) is 0.674. The Bertz CT molecular complexity index is 326. The third-order valence-corrected chi connectivity index (χ3v) is 2.75. The van der Waals surface area contributed by atoms with E-state index in [2.05, 4.69) is 5.32 Å². The highest BCUT2D eigenvalue weighted by Crippen LogP contribution is 2.29. The molecule has 5 heteroatoms. The van der Waals surface area contributed by atoms with Gasteiger partial charge >= 0.3 is 0 Å². The fourth-order valence-electron chi connectivity index (χ4n) is 1.48. The van der Waals surface area contributed by atoms with Gasteiger partial charge in [0.05, 0.1) is 5.02 Å². The molecule has 0 spiro atoms. The van der Waals surface area contributed by atoms with Crippen LogP contribution in [0, 0.1) is 0 Å². The van der Waals surface area contributed by atoms with Crippen LogP contribution in [0.5, 0.6) is 5.75 Å². The molecule has 2 rings (SSSR count). The van der Waals surface area contributed by atoms with Crippen LogP contribution in [0.1, 0.15) is 6.42 Å². The van der Waals surface area contributed by atoms with Crippen LogP contribution in [0.15, 0.2) is 18.2 Å². The molecule has 2 nitrogen and oxygen atoms in total. The molecule has 0 aliphatic carbocycles. The first-order valence-electron chi connectivity index (χ1n) is 4.58. The van der Waals surface area contributed by atoms with Crippen molar-refractivity contribution in [2.45, 2.75) is 12.5 Å². The summed E-state index contributed by atoms with van der Waals surface area (Å²) in [5, 5.41) is 4.49. The Labute approximate surface area is 105 Å². The van der Waals surface area contributed by atoms with Crippen molar-refractivity contribution in [1.29, 1.82) is 0 Å². The first-order valence-corrected chi connectivity index (χ1v) is 5.34. The lowest BCUT2D eigenvalue weighted by Crippen LogP contribution is -2.19. The molecule has 0 saturated carbocycles. The quantitative estimate of drug-likeness (QED) is 0.890. The number of hydrogen-bond donors (Lipinski definition) is 1. The molecule has 0 bridgehead atoms. The molecule has 1 N–H and O–H groups in total. The van der Waals surface area contributed by atoms with Gasteiger partial charge in [0.15, 0.2) is 0 Å². The van der Waals surface area contributed by atoms with Gasteiger partial charge in [0.2, 0.25) is 0 Å². The Kier molecular flexibility index (Phi) is 5.00. The van der Waals surface area contributed by atoms with Crippen molar-refractivity contribution >= 4 is 35.6 Å². The molecule has 0 aromatic heterocycles. The standard InChI is InChI=1S/C10H11Cl2NO.ClH/c11-7-1-2-9(12)10(5-7)14-8-3-4-13-6-8;/h1-2,5,8,13H,3-4,6H2;1H. The Balaban J connectivity index is 0.00000112. The third kappa shape index (κ3) is 3.42. The van der Waals surface area contributed by atoms with E-state index in [1.165, 1.54) is 0 Å². The zero-order valence-corrected chi connectivity index (χ0v) is 10.3. The first-order chi connectivity index (χ1) is 6.75. The average molecular weight is 269 g/mol. The molecule has 1 aromatic carbocycles. The van der Waals surface area contributed by atoms with Crippen LogP contribution < -0.4 is 10.1 Å². The molecule has 1 saturated heterocycles. The van der Waals surface area contributed by atoms with Crippen LogP contribution in [0.2, 0.25) is 10.0 Å². The van der Waals surface area contributed by atoms with Gasteiger partial charge in [-0.25, -0.2) is 0 Å². The molecule has 1 unspecified atom stereocenters. The lowest BCUT2D eigenvalue weighted by molar-refractivity contribution is 0.223. The summed E-state index contributed by atoms with van der Waals surface area (Å²) in [6, 6.07) is 5.26. The van der Waals surface area contributed by atoms with Crippen LogP contribution >= 0.6 is 35.6 Å². The van der Waals surface area contributed by atoms with Crippen molar-refractivity contribution in [1.82, 2.24) is 5.32 Å². The molecular weight excluding hydrogens is 256 g/mol. The molecule has 0 amide bonds. The molecule has 1 heterocycles. The molecule has 1 atom stereocenters. The number of ether oxygens (including phenoxy) is 1. The number of halogens is 3. The molecule has 0 radical (unpaired) electrons. The minimum atomic E-state index is 0. The van der Waals surface area contributed by atoms with Crippen molar-refractivity contribution in [3.63, 3.8) is 0 Å². The van der Waals surface area contributed by atoms with Gasteiger partial charge in [-0.3, -0.25) is 0 Å². The number of hydrogen-bond acceptors (Lipinski definition) is 2. The largest absolute Gasteiger partial charge is 0.487 e. The van der Waals surface area contributed by atoms with Crippen LogP contribution in [0.3, 0.4) is 0 Å². The van der Waals surface area contributed by atoms with Crippen LogP contribution in [-0.2, 0) is 0 Å². The van der Waals surface area contributed by atoms with Crippen molar-refractivity contribution < 1.29 is 4.74 Å². The van der Waals surface area contributed by atoms with E-state index >= 15 is 0 Å². The second-order valence-corrected chi connectivity index (χ2v) is 4.15. The maximum absolute atomic E-state index is 5.97. The highest BCUT2D eigenvalue weighted by Gasteiger charge is 2.17. The normalized spacial score (nSPS) is 19.7. The van der Waals surface area contributed by atoms with E-state index in [-0.39, 0.29) is 18.5 Å². The van der Waals surface area contributed by atoms with Gasteiger partial charge in [0.25, 0.3) is 0 Å². The van der Waals surface area contributed by atoms with Gasteiger partial charge in [-0.1, -0.05) is 23.2 Å². The lowest BCUT2D eigenvalue weighted by atomic mass is 10.3. The maximum atomic E-state index is 5.97. The minimum Gasteiger partial charge on any atom is -0.487 e. The molecule has 1 aliphatic heterocycles. The first kappa shape index (κ1) is 12.9. The fraction of sp³-hybridized carbons (Fsp3) is 0.400. The van der Waals surface area contributed by atoms with Gasteiger partial charge in [0, 0.05) is 17.6 Å². The van der Waals surface area contributed by atoms with E-state index in [1.807, 2.05) is 0 Å². The van der Waals surface area contributed by atoms with Crippen molar-refractivity contribution in [3.8, 4) is 5.75 Å². The van der Waals surface area contributed by atoms with E-state index in [0.29, 0.717) is 15.8 Å². The molecule has 1 aliphatic rings. The molecular formula is C10H12Cl3NO. The summed E-state index contributed by atoms with van der Waals surface area (Å²) >= 11 is 11.8. The summed E-state index contributed by atoms with van der Waals surface area (Å²) in [4.78, 5) is 0. The van der Waals surface area contributed by atoms with Crippen molar-refractivity contribution in [2.24, 2.45) is 0 Å². The summed E-state index contributed by atoms with van der Waals surface area (Å²) < 4.78 is 5.71. The zero-order chi connectivity index (χ0) is 9.97. The zero-order valence-electron chi connectivity index (χ0n) is 8.00. The third-order valence-electron chi connectivity index (χ3n) is 2.20. The van der Waals surface area contributed by atoms with Gasteiger partial charge in [0.1, 0.15) is 11.9 Å². The summed E-state index contributed by atoms with van der Waals surface area (Å²) in [7, 11) is 0. The van der Waals surface area contributed by atoms with Crippen molar-refractivity contribution in [2.75, 3.05) is 13.1 Å². The average Bonchev–Trinajstić information content (AvgIpc) is 2.64. The van der Waals surface area contributed by atoms with E-state index in [1.54, 1.807) is 18.2 Å². The Hall–Kier alpha value is -0.150. The fourth-order valence-corrected chi connectivity index (χ4v) is 1.80. The monoisotopic (exact) mass is 267 g/mol. The van der Waals surface area contributed by atoms with Gasteiger partial charge < -0.3 is 10.1 Å². The van der Waals surface area contributed by atoms with E-state index in [4.69, 9.17) is 27.9 Å². The molecule has 1 fully saturated rings. The maximum Gasteiger partial charge on any atom is 0.139 e. The summed E-state index contributed by atoms with van der Waals surface area (Å²) in [6.45, 7) is 1.88. The Morgan fingerprint density at radius 1 is 1.33 bits per heavy atom. The predicted octanol–water partition coefficient (Wildman–Crippen LogP) is 3.16. The smallest absolute Gasteiger partial charge is 0.139 e. The summed E-state index contributed by atoms with van der Waals surface area (Å²) in [5.41, 5.74) is 0. The lowest BCUT2D eigenvalue weighted by Gasteiger charge is -2.13. The Morgan fingerprint density at radius 3 is 2.80 bits per heavy atom. The van der Waals surface area contributed by atoms with Crippen LogP contribution in [0.4, 0.5) is 0 Å². The molecule has 1 aromatic rings. The predicted molar refractivity (Wildman–Crippen MR) is 65.6 cm³/mol. The highest BCUT2D eigenvalue weighted by atomic mass is 35.5. The molecule has 84 valence electrons. The van der Waals surface area contributed by atoms with E-state index < -0.39 is 0 Å². The van der Waals surface area contributed by atoms with Gasteiger partial charge in [-0.05, 0) is 25.1 Å². The second-order valence-electron chi connectivity index (χ2n) is 3.31. The van der Waals surface area contributed by atoms with Crippen LogP contribution in [0.25, 0.3) is 0 Å². The van der Waals surface area contributed by atoms with Crippen molar-refractivity contribution in [3.05, 3.63) is 28.2 Å². The van der Waals surface area contributed by atoms with E-state index in [0.717, 1.165) is 19.5 Å². The topological polar surface area (TPSA) is 21.3 Å². The second kappa shape index (κ2) is 5.80. The van der Waals surface area contributed by atoms with Gasteiger partial charge in [-0.15, -0.1) is 12.4 Å². The highest BCUT2D eigenvalue weighted by molar-refractivity contribution is 6.34. The SMILES string of the molecule is Cl.Clc1ccc(Cl)c(OC2CCNC2)c1. The Morgan fingerprint density at radius 2 is 2.13 bits per heavy atom. The molecule has 15 heavy (non-hydrogen) atoms. The number of rotatable bonds is 2. The number of benzene rings is 1.